The van der Waals surface area contributed by atoms with Crippen molar-refractivity contribution in [1.29, 1.82) is 0 Å². The zero-order chi connectivity index (χ0) is 16.4. The number of rotatable bonds is 7. The highest BCUT2D eigenvalue weighted by Gasteiger charge is 2.54. The molecule has 128 valence electrons. The summed E-state index contributed by atoms with van der Waals surface area (Å²) in [4.78, 5) is 25.0. The molecule has 4 heteroatoms. The second kappa shape index (κ2) is 6.66. The van der Waals surface area contributed by atoms with Crippen molar-refractivity contribution in [2.75, 3.05) is 7.11 Å². The van der Waals surface area contributed by atoms with Gasteiger partial charge in [0.1, 0.15) is 6.04 Å². The molecule has 0 aromatic carbocycles. The molecule has 1 amide bonds. The molecule has 4 aliphatic carbocycles. The van der Waals surface area contributed by atoms with Crippen molar-refractivity contribution >= 4 is 11.9 Å². The van der Waals surface area contributed by atoms with Crippen LogP contribution in [0.15, 0.2) is 12.7 Å². The van der Waals surface area contributed by atoms with Crippen molar-refractivity contribution in [3.05, 3.63) is 12.7 Å². The fraction of sp³-hybridized carbons (Fsp3) is 0.789. The number of ether oxygens (including phenoxy) is 1. The number of allylic oxidation sites excluding steroid dienone is 1. The second-order valence-electron chi connectivity index (χ2n) is 7.97. The van der Waals surface area contributed by atoms with E-state index in [9.17, 15) is 9.59 Å². The van der Waals surface area contributed by atoms with E-state index in [0.29, 0.717) is 6.42 Å². The summed E-state index contributed by atoms with van der Waals surface area (Å²) in [5.74, 6) is 1.95. The van der Waals surface area contributed by atoms with Gasteiger partial charge in [0.15, 0.2) is 0 Å². The van der Waals surface area contributed by atoms with Gasteiger partial charge in [-0.3, -0.25) is 4.79 Å². The highest BCUT2D eigenvalue weighted by molar-refractivity contribution is 5.88. The summed E-state index contributed by atoms with van der Waals surface area (Å²) in [5, 5.41) is 3.04. The molecule has 23 heavy (non-hydrogen) atoms. The van der Waals surface area contributed by atoms with Gasteiger partial charge < -0.3 is 10.1 Å². The molecule has 0 aromatic heterocycles. The molecule has 0 saturated heterocycles. The molecule has 0 unspecified atom stereocenters. The zero-order valence-corrected chi connectivity index (χ0v) is 14.2. The number of amides is 1. The normalized spacial score (nSPS) is 35.6. The van der Waals surface area contributed by atoms with Crippen LogP contribution in [0.25, 0.3) is 0 Å². The molecule has 0 radical (unpaired) electrons. The van der Waals surface area contributed by atoms with Crippen LogP contribution < -0.4 is 5.32 Å². The Morgan fingerprint density at radius 3 is 2.26 bits per heavy atom. The monoisotopic (exact) mass is 319 g/mol. The number of hydrogen-bond donors (Lipinski definition) is 1. The maximum absolute atomic E-state index is 13.0. The van der Waals surface area contributed by atoms with Crippen LogP contribution in [0.1, 0.15) is 57.8 Å². The van der Waals surface area contributed by atoms with E-state index in [1.807, 2.05) is 6.08 Å². The van der Waals surface area contributed by atoms with Crippen LogP contribution in [-0.4, -0.2) is 25.0 Å². The fourth-order valence-corrected chi connectivity index (χ4v) is 5.56. The third-order valence-corrected chi connectivity index (χ3v) is 6.21. The smallest absolute Gasteiger partial charge is 0.328 e. The zero-order valence-electron chi connectivity index (χ0n) is 14.2. The van der Waals surface area contributed by atoms with Crippen molar-refractivity contribution in [3.8, 4) is 0 Å². The molecular formula is C19H29NO3. The van der Waals surface area contributed by atoms with Gasteiger partial charge in [0.05, 0.1) is 7.11 Å². The fourth-order valence-electron chi connectivity index (χ4n) is 5.56. The Bertz CT molecular complexity index is 450. The third kappa shape index (κ3) is 3.31. The van der Waals surface area contributed by atoms with Crippen LogP contribution in [0.3, 0.4) is 0 Å². The molecule has 4 fully saturated rings. The first-order valence-corrected chi connectivity index (χ1v) is 9.06. The summed E-state index contributed by atoms with van der Waals surface area (Å²) in [5.41, 5.74) is -0.209. The van der Waals surface area contributed by atoms with E-state index in [-0.39, 0.29) is 17.3 Å². The molecule has 0 aliphatic heterocycles. The molecule has 0 heterocycles. The molecule has 1 atom stereocenters. The first-order valence-electron chi connectivity index (χ1n) is 9.06. The van der Waals surface area contributed by atoms with E-state index >= 15 is 0 Å². The Balaban J connectivity index is 1.66. The van der Waals surface area contributed by atoms with Gasteiger partial charge in [-0.25, -0.2) is 4.79 Å². The lowest BCUT2D eigenvalue weighted by Gasteiger charge is -2.55. The van der Waals surface area contributed by atoms with Crippen molar-refractivity contribution in [2.45, 2.75) is 63.8 Å². The van der Waals surface area contributed by atoms with Crippen LogP contribution >= 0.6 is 0 Å². The summed E-state index contributed by atoms with van der Waals surface area (Å²) < 4.78 is 4.88. The number of nitrogens with one attached hydrogen (secondary N) is 1. The van der Waals surface area contributed by atoms with Gasteiger partial charge in [-0.1, -0.05) is 6.08 Å². The predicted octanol–water partition coefficient (Wildman–Crippen LogP) is 3.22. The quantitative estimate of drug-likeness (QED) is 0.445. The first kappa shape index (κ1) is 16.5. The third-order valence-electron chi connectivity index (χ3n) is 6.21. The molecule has 4 nitrogen and oxygen atoms in total. The van der Waals surface area contributed by atoms with Crippen LogP contribution in [0.4, 0.5) is 0 Å². The van der Waals surface area contributed by atoms with Gasteiger partial charge >= 0.3 is 5.97 Å². The van der Waals surface area contributed by atoms with Crippen molar-refractivity contribution in [1.82, 2.24) is 5.32 Å². The highest BCUT2D eigenvalue weighted by atomic mass is 16.5. The average molecular weight is 319 g/mol. The minimum absolute atomic E-state index is 0.102. The molecule has 4 rings (SSSR count). The summed E-state index contributed by atoms with van der Waals surface area (Å²) in [7, 11) is 1.39. The van der Waals surface area contributed by atoms with Crippen LogP contribution in [-0.2, 0) is 14.3 Å². The topological polar surface area (TPSA) is 55.4 Å². The van der Waals surface area contributed by atoms with E-state index in [0.717, 1.165) is 49.9 Å². The van der Waals surface area contributed by atoms with Gasteiger partial charge in [0, 0.05) is 5.41 Å². The Labute approximate surface area is 139 Å². The second-order valence-corrected chi connectivity index (χ2v) is 7.97. The maximum atomic E-state index is 13.0. The molecule has 4 saturated carbocycles. The lowest BCUT2D eigenvalue weighted by molar-refractivity contribution is -0.153. The number of esters is 1. The van der Waals surface area contributed by atoms with Gasteiger partial charge in [0.25, 0.3) is 0 Å². The minimum atomic E-state index is -0.513. The van der Waals surface area contributed by atoms with E-state index in [1.54, 1.807) is 0 Å². The molecule has 0 spiro atoms. The SMILES string of the molecule is C=CCCC[C@@H](NC(=O)C12CC3CC(CC(C3)C1)C2)C(=O)OC. The van der Waals surface area contributed by atoms with Crippen LogP contribution in [0.5, 0.6) is 0 Å². The minimum Gasteiger partial charge on any atom is -0.467 e. The summed E-state index contributed by atoms with van der Waals surface area (Å²) in [6, 6.07) is -0.513. The van der Waals surface area contributed by atoms with Gasteiger partial charge in [-0.05, 0) is 75.5 Å². The van der Waals surface area contributed by atoms with Crippen LogP contribution in [0, 0.1) is 23.2 Å². The van der Waals surface area contributed by atoms with Gasteiger partial charge in [-0.15, -0.1) is 6.58 Å². The summed E-state index contributed by atoms with van der Waals surface area (Å²) in [6.07, 6.45) is 11.1. The lowest BCUT2D eigenvalue weighted by Crippen LogP contribution is -2.56. The van der Waals surface area contributed by atoms with E-state index in [4.69, 9.17) is 4.74 Å². The Hall–Kier alpha value is -1.32. The van der Waals surface area contributed by atoms with E-state index in [1.165, 1.54) is 26.4 Å². The molecule has 4 bridgehead atoms. The highest BCUT2D eigenvalue weighted by Crippen LogP contribution is 2.60. The average Bonchev–Trinajstić information content (AvgIpc) is 2.52. The number of carbonyl (C=O) groups is 2. The van der Waals surface area contributed by atoms with E-state index < -0.39 is 6.04 Å². The Morgan fingerprint density at radius 2 is 1.78 bits per heavy atom. The number of carbonyl (C=O) groups excluding carboxylic acids is 2. The standard InChI is InChI=1S/C19H29NO3/c1-3-4-5-6-16(17(21)23-2)20-18(22)19-10-13-7-14(11-19)9-15(8-13)12-19/h3,13-16H,1,4-12H2,2H3,(H,20,22)/t13?,14?,15?,16-,19?/m1/s1. The van der Waals surface area contributed by atoms with Crippen molar-refractivity contribution in [2.24, 2.45) is 23.2 Å². The van der Waals surface area contributed by atoms with E-state index in [2.05, 4.69) is 11.9 Å². The summed E-state index contributed by atoms with van der Waals surface area (Å²) in [6.45, 7) is 3.71. The van der Waals surface area contributed by atoms with Crippen LogP contribution in [0.2, 0.25) is 0 Å². The Kier molecular flexibility index (Phi) is 4.79. The van der Waals surface area contributed by atoms with Crippen molar-refractivity contribution < 1.29 is 14.3 Å². The largest absolute Gasteiger partial charge is 0.467 e. The number of unbranched alkanes of at least 4 members (excludes halogenated alkanes) is 1. The lowest BCUT2D eigenvalue weighted by atomic mass is 9.49. The number of hydrogen-bond acceptors (Lipinski definition) is 3. The first-order chi connectivity index (χ1) is 11.1. The van der Waals surface area contributed by atoms with Gasteiger partial charge in [-0.2, -0.15) is 0 Å². The molecular weight excluding hydrogens is 290 g/mol. The number of methoxy groups -OCH3 is 1. The maximum Gasteiger partial charge on any atom is 0.328 e. The molecule has 1 N–H and O–H groups in total. The molecule has 0 aromatic rings. The van der Waals surface area contributed by atoms with Crippen molar-refractivity contribution in [3.63, 3.8) is 0 Å². The predicted molar refractivity (Wildman–Crippen MR) is 88.6 cm³/mol. The Morgan fingerprint density at radius 1 is 1.22 bits per heavy atom. The summed E-state index contributed by atoms with van der Waals surface area (Å²) >= 11 is 0. The van der Waals surface area contributed by atoms with Gasteiger partial charge in [0.2, 0.25) is 5.91 Å². The molecule has 4 aliphatic rings.